The molecule has 1 aliphatic rings. The van der Waals surface area contributed by atoms with Crippen molar-refractivity contribution in [2.75, 3.05) is 12.4 Å². The first kappa shape index (κ1) is 17.8. The third-order valence-corrected chi connectivity index (χ3v) is 5.61. The van der Waals surface area contributed by atoms with Crippen LogP contribution < -0.4 is 5.32 Å². The van der Waals surface area contributed by atoms with E-state index >= 15 is 0 Å². The summed E-state index contributed by atoms with van der Waals surface area (Å²) in [5, 5.41) is 5.69. The van der Waals surface area contributed by atoms with Crippen LogP contribution in [0.25, 0.3) is 11.5 Å². The number of carbonyl (C=O) groups is 2. The third-order valence-electron chi connectivity index (χ3n) is 4.62. The lowest BCUT2D eigenvalue weighted by molar-refractivity contribution is -0.127. The molecule has 0 saturated carbocycles. The number of rotatable bonds is 4. The van der Waals surface area contributed by atoms with Gasteiger partial charge in [0, 0.05) is 23.9 Å². The van der Waals surface area contributed by atoms with E-state index in [9.17, 15) is 9.59 Å². The Hall–Kier alpha value is -2.64. The number of aromatic nitrogens is 1. The average molecular weight is 402 g/mol. The molecular weight excluding hydrogens is 386 g/mol. The maximum Gasteiger partial charge on any atom is 0.232 e. The highest BCUT2D eigenvalue weighted by atomic mass is 35.5. The maximum absolute atomic E-state index is 12.9. The van der Waals surface area contributed by atoms with Crippen molar-refractivity contribution in [1.29, 1.82) is 0 Å². The van der Waals surface area contributed by atoms with E-state index in [4.69, 9.17) is 16.0 Å². The number of hydrogen-bond donors (Lipinski definition) is 1. The lowest BCUT2D eigenvalue weighted by atomic mass is 9.93. The zero-order chi connectivity index (χ0) is 19.0. The Bertz CT molecular complexity index is 986. The van der Waals surface area contributed by atoms with E-state index in [1.807, 2.05) is 17.5 Å². The highest BCUT2D eigenvalue weighted by Crippen LogP contribution is 2.38. The van der Waals surface area contributed by atoms with Crippen molar-refractivity contribution in [2.24, 2.45) is 5.92 Å². The summed E-state index contributed by atoms with van der Waals surface area (Å²) in [6.45, 7) is 0. The Balaban J connectivity index is 1.56. The summed E-state index contributed by atoms with van der Waals surface area (Å²) in [6, 6.07) is 10.5. The van der Waals surface area contributed by atoms with Gasteiger partial charge in [-0.3, -0.25) is 9.59 Å². The van der Waals surface area contributed by atoms with Crippen molar-refractivity contribution < 1.29 is 14.0 Å². The molecule has 0 aliphatic carbocycles. The Kier molecular flexibility index (Phi) is 4.72. The first-order chi connectivity index (χ1) is 13.0. The van der Waals surface area contributed by atoms with Gasteiger partial charge < -0.3 is 14.6 Å². The second-order valence-electron chi connectivity index (χ2n) is 6.32. The molecule has 3 heterocycles. The topological polar surface area (TPSA) is 75.4 Å². The van der Waals surface area contributed by atoms with E-state index in [1.54, 1.807) is 42.5 Å². The van der Waals surface area contributed by atoms with Gasteiger partial charge in [0.05, 0.1) is 18.2 Å². The molecule has 4 rings (SSSR count). The average Bonchev–Trinajstić information content (AvgIpc) is 3.36. The summed E-state index contributed by atoms with van der Waals surface area (Å²) in [5.41, 5.74) is 1.50. The number of amides is 2. The second kappa shape index (κ2) is 7.17. The fourth-order valence-electron chi connectivity index (χ4n) is 3.32. The predicted molar refractivity (Wildman–Crippen MR) is 104 cm³/mol. The molecule has 0 radical (unpaired) electrons. The Morgan fingerprint density at radius 1 is 1.37 bits per heavy atom. The summed E-state index contributed by atoms with van der Waals surface area (Å²) in [5.74, 6) is -0.190. The molecule has 1 N–H and O–H groups in total. The van der Waals surface area contributed by atoms with Crippen LogP contribution in [0.3, 0.4) is 0 Å². The number of thiazole rings is 1. The summed E-state index contributed by atoms with van der Waals surface area (Å²) in [7, 11) is 1.71. The lowest BCUT2D eigenvalue weighted by Gasteiger charge is -2.24. The molecular formula is C19H16ClN3O3S. The number of nitrogens with zero attached hydrogens (tertiary/aromatic N) is 2. The largest absolute Gasteiger partial charge is 0.463 e. The zero-order valence-electron chi connectivity index (χ0n) is 14.4. The summed E-state index contributed by atoms with van der Waals surface area (Å²) < 4.78 is 5.32. The number of benzene rings is 1. The van der Waals surface area contributed by atoms with Crippen molar-refractivity contribution in [3.05, 3.63) is 58.6 Å². The van der Waals surface area contributed by atoms with Gasteiger partial charge in [-0.1, -0.05) is 23.7 Å². The van der Waals surface area contributed by atoms with Crippen LogP contribution in [-0.4, -0.2) is 28.7 Å². The molecule has 138 valence electrons. The number of halogens is 1. The van der Waals surface area contributed by atoms with Crippen LogP contribution >= 0.6 is 22.9 Å². The molecule has 1 aliphatic heterocycles. The van der Waals surface area contributed by atoms with Gasteiger partial charge in [-0.15, -0.1) is 11.3 Å². The van der Waals surface area contributed by atoms with Crippen LogP contribution in [0.1, 0.15) is 18.0 Å². The maximum atomic E-state index is 12.9. The fourth-order valence-corrected chi connectivity index (χ4v) is 4.22. The molecule has 2 atom stereocenters. The monoisotopic (exact) mass is 401 g/mol. The lowest BCUT2D eigenvalue weighted by Crippen LogP contribution is -2.30. The van der Waals surface area contributed by atoms with Gasteiger partial charge >= 0.3 is 0 Å². The molecule has 2 amide bonds. The Morgan fingerprint density at radius 2 is 2.22 bits per heavy atom. The number of furan rings is 1. The molecule has 6 nitrogen and oxygen atoms in total. The zero-order valence-corrected chi connectivity index (χ0v) is 16.0. The molecule has 1 saturated heterocycles. The van der Waals surface area contributed by atoms with Gasteiger partial charge in [0.25, 0.3) is 0 Å². The minimum Gasteiger partial charge on any atom is -0.463 e. The number of nitrogens with one attached hydrogen (secondary N) is 1. The molecule has 3 aromatic rings. The number of anilines is 1. The molecule has 2 unspecified atom stereocenters. The number of likely N-dealkylation sites (tertiary alicyclic amines) is 1. The quantitative estimate of drug-likeness (QED) is 0.710. The summed E-state index contributed by atoms with van der Waals surface area (Å²) >= 11 is 7.41. The Morgan fingerprint density at radius 3 is 2.96 bits per heavy atom. The molecule has 0 bridgehead atoms. The van der Waals surface area contributed by atoms with Crippen LogP contribution in [0, 0.1) is 5.92 Å². The van der Waals surface area contributed by atoms with Crippen molar-refractivity contribution in [3.63, 3.8) is 0 Å². The van der Waals surface area contributed by atoms with Crippen LogP contribution in [0.2, 0.25) is 5.02 Å². The minimum atomic E-state index is -0.517. The van der Waals surface area contributed by atoms with Gasteiger partial charge in [-0.25, -0.2) is 4.98 Å². The van der Waals surface area contributed by atoms with Gasteiger partial charge in [0.15, 0.2) is 10.9 Å². The Labute approximate surface area is 164 Å². The van der Waals surface area contributed by atoms with E-state index in [0.29, 0.717) is 21.6 Å². The van der Waals surface area contributed by atoms with E-state index < -0.39 is 5.92 Å². The van der Waals surface area contributed by atoms with Crippen molar-refractivity contribution >= 4 is 39.9 Å². The molecule has 27 heavy (non-hydrogen) atoms. The van der Waals surface area contributed by atoms with Crippen molar-refractivity contribution in [3.8, 4) is 11.5 Å². The van der Waals surface area contributed by atoms with E-state index in [1.165, 1.54) is 11.3 Å². The first-order valence-electron chi connectivity index (χ1n) is 8.34. The summed E-state index contributed by atoms with van der Waals surface area (Å²) in [6.07, 6.45) is 1.72. The molecule has 8 heteroatoms. The second-order valence-corrected chi connectivity index (χ2v) is 7.61. The van der Waals surface area contributed by atoms with Gasteiger partial charge in [-0.05, 0) is 29.8 Å². The van der Waals surface area contributed by atoms with Gasteiger partial charge in [-0.2, -0.15) is 0 Å². The minimum absolute atomic E-state index is 0.0736. The van der Waals surface area contributed by atoms with Gasteiger partial charge in [0.1, 0.15) is 5.69 Å². The smallest absolute Gasteiger partial charge is 0.232 e. The van der Waals surface area contributed by atoms with Crippen molar-refractivity contribution in [2.45, 2.75) is 12.5 Å². The molecule has 0 spiro atoms. The highest BCUT2D eigenvalue weighted by Gasteiger charge is 2.42. The molecule has 2 aromatic heterocycles. The van der Waals surface area contributed by atoms with Crippen LogP contribution in [0.15, 0.2) is 52.5 Å². The number of carbonyl (C=O) groups excluding carboxylic acids is 2. The first-order valence-corrected chi connectivity index (χ1v) is 9.60. The van der Waals surface area contributed by atoms with E-state index in [0.717, 1.165) is 5.56 Å². The highest BCUT2D eigenvalue weighted by molar-refractivity contribution is 7.14. The van der Waals surface area contributed by atoms with E-state index in [-0.39, 0.29) is 24.3 Å². The molecule has 1 aromatic carbocycles. The molecule has 1 fully saturated rings. The standard InChI is InChI=1S/C19H16ClN3O3S/c1-23-16(24)9-13(17(23)11-4-2-5-12(20)8-11)18(25)22-19-21-14(10-27-19)15-6-3-7-26-15/h2-8,10,13,17H,9H2,1H3,(H,21,22,25). The van der Waals surface area contributed by atoms with E-state index in [2.05, 4.69) is 10.3 Å². The van der Waals surface area contributed by atoms with Crippen LogP contribution in [0.4, 0.5) is 5.13 Å². The number of hydrogen-bond acceptors (Lipinski definition) is 5. The van der Waals surface area contributed by atoms with Crippen LogP contribution in [-0.2, 0) is 9.59 Å². The van der Waals surface area contributed by atoms with Crippen molar-refractivity contribution in [1.82, 2.24) is 9.88 Å². The normalized spacial score (nSPS) is 19.5. The fraction of sp³-hybridized carbons (Fsp3) is 0.211. The van der Waals surface area contributed by atoms with Crippen LogP contribution in [0.5, 0.6) is 0 Å². The third kappa shape index (κ3) is 3.48. The SMILES string of the molecule is CN1C(=O)CC(C(=O)Nc2nc(-c3ccco3)cs2)C1c1cccc(Cl)c1. The summed E-state index contributed by atoms with van der Waals surface area (Å²) in [4.78, 5) is 31.1. The van der Waals surface area contributed by atoms with Gasteiger partial charge in [0.2, 0.25) is 11.8 Å². The predicted octanol–water partition coefficient (Wildman–Crippen LogP) is 4.21.